The molecule has 2 amide bonds. The quantitative estimate of drug-likeness (QED) is 0.311. The molecule has 0 aliphatic rings. The SMILES string of the molecule is CC(C)(C)OC(N)=O.CC(C)N(CCc1noc(=O)[nH]1)C(=O)c1cc(Cl)cc(OCCNc2ccncc2)c1. The third kappa shape index (κ3) is 11.9. The number of nitrogens with two attached hydrogens (primary N) is 1. The van der Waals surface area contributed by atoms with Crippen molar-refractivity contribution >= 4 is 29.3 Å². The molecule has 0 aliphatic carbocycles. The van der Waals surface area contributed by atoms with Gasteiger partial charge in [0.1, 0.15) is 18.0 Å². The van der Waals surface area contributed by atoms with Crippen LogP contribution in [0.3, 0.4) is 0 Å². The molecule has 4 N–H and O–H groups in total. The van der Waals surface area contributed by atoms with Crippen molar-refractivity contribution in [3.05, 3.63) is 69.7 Å². The number of carbonyl (C=O) groups is 2. The van der Waals surface area contributed by atoms with Gasteiger partial charge in [0, 0.05) is 54.2 Å². The van der Waals surface area contributed by atoms with Crippen molar-refractivity contribution in [1.29, 1.82) is 0 Å². The average molecular weight is 563 g/mol. The number of amides is 2. The van der Waals surface area contributed by atoms with Crippen LogP contribution in [0.15, 0.2) is 52.0 Å². The van der Waals surface area contributed by atoms with E-state index in [1.807, 2.05) is 26.0 Å². The Balaban J connectivity index is 0.000000580. The predicted molar refractivity (Wildman–Crippen MR) is 147 cm³/mol. The van der Waals surface area contributed by atoms with E-state index < -0.39 is 17.5 Å². The molecule has 1 aromatic carbocycles. The lowest BCUT2D eigenvalue weighted by molar-refractivity contribution is 0.0599. The molecule has 2 heterocycles. The Morgan fingerprint density at radius 2 is 1.90 bits per heavy atom. The maximum atomic E-state index is 13.1. The van der Waals surface area contributed by atoms with Gasteiger partial charge in [-0.05, 0) is 65.0 Å². The van der Waals surface area contributed by atoms with Crippen molar-refractivity contribution in [2.24, 2.45) is 5.73 Å². The maximum absolute atomic E-state index is 13.1. The molecule has 3 rings (SSSR count). The highest BCUT2D eigenvalue weighted by Crippen LogP contribution is 2.23. The molecular formula is C26H35ClN6O6. The molecule has 0 atom stereocenters. The minimum absolute atomic E-state index is 0.0703. The zero-order valence-electron chi connectivity index (χ0n) is 22.7. The van der Waals surface area contributed by atoms with Crippen molar-refractivity contribution in [3.63, 3.8) is 0 Å². The molecule has 0 aliphatic heterocycles. The number of benzene rings is 1. The average Bonchev–Trinajstić information content (AvgIpc) is 3.25. The van der Waals surface area contributed by atoms with Crippen molar-refractivity contribution in [1.82, 2.24) is 20.0 Å². The van der Waals surface area contributed by atoms with Crippen LogP contribution >= 0.6 is 11.6 Å². The summed E-state index contributed by atoms with van der Waals surface area (Å²) in [6.45, 7) is 10.4. The van der Waals surface area contributed by atoms with Gasteiger partial charge in [0.05, 0.1) is 0 Å². The zero-order chi connectivity index (χ0) is 29.0. The first kappa shape index (κ1) is 31.2. The van der Waals surface area contributed by atoms with Crippen LogP contribution < -0.4 is 21.5 Å². The summed E-state index contributed by atoms with van der Waals surface area (Å²) in [5.74, 6) is 0.0905. The molecule has 0 spiro atoms. The number of aromatic amines is 1. The van der Waals surface area contributed by atoms with E-state index in [2.05, 4.69) is 29.7 Å². The highest BCUT2D eigenvalue weighted by atomic mass is 35.5. The Morgan fingerprint density at radius 3 is 2.44 bits per heavy atom. The summed E-state index contributed by atoms with van der Waals surface area (Å²) >= 11 is 6.23. The van der Waals surface area contributed by atoms with Gasteiger partial charge in [0.25, 0.3) is 5.91 Å². The van der Waals surface area contributed by atoms with Crippen LogP contribution in [-0.2, 0) is 11.2 Å². The number of aromatic nitrogens is 3. The number of ether oxygens (including phenoxy) is 2. The number of pyridine rings is 1. The van der Waals surface area contributed by atoms with Crippen LogP contribution in [0.5, 0.6) is 5.75 Å². The zero-order valence-corrected chi connectivity index (χ0v) is 23.4. The molecule has 0 fully saturated rings. The van der Waals surface area contributed by atoms with E-state index in [1.165, 1.54) is 0 Å². The molecule has 0 bridgehead atoms. The van der Waals surface area contributed by atoms with E-state index in [0.717, 1.165) is 5.69 Å². The molecule has 0 saturated carbocycles. The minimum atomic E-state index is -0.725. The molecule has 212 valence electrons. The Hall–Kier alpha value is -4.06. The molecule has 13 heteroatoms. The largest absolute Gasteiger partial charge is 0.492 e. The van der Waals surface area contributed by atoms with Gasteiger partial charge in [0.2, 0.25) is 0 Å². The highest BCUT2D eigenvalue weighted by Gasteiger charge is 2.21. The minimum Gasteiger partial charge on any atom is -0.492 e. The Labute approximate surface area is 231 Å². The molecule has 39 heavy (non-hydrogen) atoms. The number of rotatable bonds is 10. The van der Waals surface area contributed by atoms with E-state index in [9.17, 15) is 14.4 Å². The van der Waals surface area contributed by atoms with Crippen LogP contribution in [0, 0.1) is 0 Å². The van der Waals surface area contributed by atoms with E-state index in [0.29, 0.717) is 48.3 Å². The summed E-state index contributed by atoms with van der Waals surface area (Å²) in [7, 11) is 0. The third-order valence-corrected chi connectivity index (χ3v) is 5.08. The first-order valence-electron chi connectivity index (χ1n) is 12.3. The summed E-state index contributed by atoms with van der Waals surface area (Å²) < 4.78 is 14.9. The second-order valence-corrected chi connectivity index (χ2v) is 10.0. The van der Waals surface area contributed by atoms with Crippen molar-refractivity contribution < 1.29 is 23.6 Å². The third-order valence-electron chi connectivity index (χ3n) is 4.86. The number of hydrogen-bond acceptors (Lipinski definition) is 9. The lowest BCUT2D eigenvalue weighted by Crippen LogP contribution is -2.38. The predicted octanol–water partition coefficient (Wildman–Crippen LogP) is 3.88. The van der Waals surface area contributed by atoms with E-state index in [-0.39, 0.29) is 11.9 Å². The van der Waals surface area contributed by atoms with Crippen LogP contribution in [0.2, 0.25) is 5.02 Å². The number of nitrogens with zero attached hydrogens (tertiary/aromatic N) is 3. The fraction of sp³-hybridized carbons (Fsp3) is 0.423. The Morgan fingerprint density at radius 1 is 1.21 bits per heavy atom. The van der Waals surface area contributed by atoms with Crippen LogP contribution in [0.4, 0.5) is 10.5 Å². The molecule has 3 aromatic rings. The van der Waals surface area contributed by atoms with Gasteiger partial charge in [-0.25, -0.2) is 9.59 Å². The first-order chi connectivity index (χ1) is 18.3. The van der Waals surface area contributed by atoms with Gasteiger partial charge < -0.3 is 25.4 Å². The second kappa shape index (κ2) is 14.8. The van der Waals surface area contributed by atoms with E-state index in [4.69, 9.17) is 22.1 Å². The smallest absolute Gasteiger partial charge is 0.438 e. The molecule has 0 saturated heterocycles. The topological polar surface area (TPSA) is 166 Å². The number of anilines is 1. The van der Waals surface area contributed by atoms with Crippen molar-refractivity contribution in [2.45, 2.75) is 52.7 Å². The van der Waals surface area contributed by atoms with E-state index >= 15 is 0 Å². The fourth-order valence-corrected chi connectivity index (χ4v) is 3.48. The van der Waals surface area contributed by atoms with Crippen LogP contribution in [0.1, 0.15) is 50.8 Å². The number of nitrogens with one attached hydrogen (secondary N) is 2. The Kier molecular flexibility index (Phi) is 11.8. The van der Waals surface area contributed by atoms with Gasteiger partial charge in [0.15, 0.2) is 5.82 Å². The second-order valence-electron chi connectivity index (χ2n) is 9.60. The molecule has 0 radical (unpaired) electrons. The standard InChI is InChI=1S/C21H24ClN5O4.C5H11NO2/c1-14(2)27(9-5-19-25-21(29)31-26-19)20(28)15-11-16(22)13-18(12-15)30-10-8-24-17-3-6-23-7-4-17;1-5(2,3)8-4(6)7/h3-4,6-7,11-14H,5,8-10H2,1-2H3,(H,23,24)(H,25,26,29);1-3H3,(H2,6,7). The lowest BCUT2D eigenvalue weighted by atomic mass is 10.1. The first-order valence-corrected chi connectivity index (χ1v) is 12.6. The van der Waals surface area contributed by atoms with Crippen LogP contribution in [0.25, 0.3) is 0 Å². The van der Waals surface area contributed by atoms with Gasteiger partial charge in [-0.15, -0.1) is 0 Å². The van der Waals surface area contributed by atoms with Gasteiger partial charge in [-0.2, -0.15) is 0 Å². The van der Waals surface area contributed by atoms with Crippen LogP contribution in [-0.4, -0.2) is 63.4 Å². The number of hydrogen-bond donors (Lipinski definition) is 3. The highest BCUT2D eigenvalue weighted by molar-refractivity contribution is 6.31. The number of halogens is 1. The van der Waals surface area contributed by atoms with Gasteiger partial charge >= 0.3 is 11.8 Å². The van der Waals surface area contributed by atoms with Gasteiger partial charge in [-0.1, -0.05) is 16.8 Å². The summed E-state index contributed by atoms with van der Waals surface area (Å²) in [5.41, 5.74) is 5.63. The fourth-order valence-electron chi connectivity index (χ4n) is 3.26. The lowest BCUT2D eigenvalue weighted by Gasteiger charge is -2.26. The summed E-state index contributed by atoms with van der Waals surface area (Å²) in [5, 5.41) is 7.27. The molecule has 2 aromatic heterocycles. The summed E-state index contributed by atoms with van der Waals surface area (Å²) in [6, 6.07) is 8.62. The molecule has 0 unspecified atom stereocenters. The van der Waals surface area contributed by atoms with Crippen molar-refractivity contribution in [3.8, 4) is 5.75 Å². The number of primary amides is 1. The van der Waals surface area contributed by atoms with Crippen molar-refractivity contribution in [2.75, 3.05) is 25.0 Å². The monoisotopic (exact) mass is 562 g/mol. The molecule has 12 nitrogen and oxygen atoms in total. The normalized spacial score (nSPS) is 10.8. The van der Waals surface area contributed by atoms with Gasteiger partial charge in [-0.3, -0.25) is 19.3 Å². The Bertz CT molecular complexity index is 1260. The van der Waals surface area contributed by atoms with E-state index in [1.54, 1.807) is 56.3 Å². The summed E-state index contributed by atoms with van der Waals surface area (Å²) in [4.78, 5) is 42.3. The number of H-pyrrole nitrogens is 1. The summed E-state index contributed by atoms with van der Waals surface area (Å²) in [6.07, 6.45) is 3.05. The number of carbonyl (C=O) groups excluding carboxylic acids is 2. The molecular weight excluding hydrogens is 528 g/mol. The maximum Gasteiger partial charge on any atom is 0.438 e.